The Morgan fingerprint density at radius 1 is 1.18 bits per heavy atom. The largest absolute Gasteiger partial charge is 0.483 e. The first-order valence-electron chi connectivity index (χ1n) is 14.8. The van der Waals surface area contributed by atoms with Gasteiger partial charge in [-0.1, -0.05) is 51.1 Å². The SMILES string of the molecule is CC(=O)N[C@@H](Cc1ccccc1)[C@@H](O)CN[C@H]1CC2(CCC2)Oc2c1cc(CC(C)(C)C)nc2N1CCCC1. The van der Waals surface area contributed by atoms with E-state index in [4.69, 9.17) is 9.72 Å². The van der Waals surface area contributed by atoms with Gasteiger partial charge in [-0.15, -0.1) is 0 Å². The summed E-state index contributed by atoms with van der Waals surface area (Å²) in [4.78, 5) is 19.6. The molecule has 2 fully saturated rings. The molecule has 39 heavy (non-hydrogen) atoms. The second-order valence-electron chi connectivity index (χ2n) is 13.2. The van der Waals surface area contributed by atoms with Gasteiger partial charge in [0.25, 0.3) is 0 Å². The van der Waals surface area contributed by atoms with E-state index < -0.39 is 6.10 Å². The molecule has 1 saturated heterocycles. The molecule has 1 spiro atoms. The number of fused-ring (bicyclic) bond motifs is 1. The average Bonchev–Trinajstić information content (AvgIpc) is 3.39. The number of hydrogen-bond acceptors (Lipinski definition) is 6. The van der Waals surface area contributed by atoms with E-state index in [0.717, 1.165) is 67.2 Å². The standard InChI is InChI=1S/C32H46N4O3/c1-22(37)34-26(17-23-11-6-5-7-12-23)28(38)21-33-27-20-32(13-10-14-32)39-29-25(27)18-24(19-31(2,3)4)35-30(29)36-15-8-9-16-36/h5-7,11-12,18,26-28,33,38H,8-10,13-17,19-21H2,1-4H3,(H,34,37)/t26-,27-,28-/m0/s1. The fourth-order valence-electron chi connectivity index (χ4n) is 6.35. The lowest BCUT2D eigenvalue weighted by Gasteiger charge is -2.49. The first-order valence-corrected chi connectivity index (χ1v) is 14.8. The van der Waals surface area contributed by atoms with Gasteiger partial charge in [0.05, 0.1) is 12.1 Å². The van der Waals surface area contributed by atoms with Gasteiger partial charge in [0.15, 0.2) is 11.6 Å². The molecule has 1 aromatic heterocycles. The van der Waals surface area contributed by atoms with Crippen molar-refractivity contribution in [2.45, 2.75) is 103 Å². The van der Waals surface area contributed by atoms with Gasteiger partial charge in [-0.3, -0.25) is 4.79 Å². The summed E-state index contributed by atoms with van der Waals surface area (Å²) < 4.78 is 6.84. The minimum atomic E-state index is -0.730. The van der Waals surface area contributed by atoms with Crippen molar-refractivity contribution in [2.24, 2.45) is 5.41 Å². The Kier molecular flexibility index (Phi) is 8.20. The predicted molar refractivity (Wildman–Crippen MR) is 155 cm³/mol. The normalized spacial score (nSPS) is 21.6. The van der Waals surface area contributed by atoms with Crippen LogP contribution < -0.4 is 20.3 Å². The number of rotatable bonds is 9. The number of nitrogens with one attached hydrogen (secondary N) is 2. The van der Waals surface area contributed by atoms with Crippen molar-refractivity contribution in [3.8, 4) is 5.75 Å². The lowest BCUT2D eigenvalue weighted by atomic mass is 9.72. The van der Waals surface area contributed by atoms with E-state index >= 15 is 0 Å². The molecule has 1 aromatic carbocycles. The maximum Gasteiger partial charge on any atom is 0.217 e. The lowest BCUT2D eigenvalue weighted by molar-refractivity contribution is -0.120. The predicted octanol–water partition coefficient (Wildman–Crippen LogP) is 4.71. The molecule has 5 rings (SSSR count). The van der Waals surface area contributed by atoms with Crippen molar-refractivity contribution in [3.05, 3.63) is 53.2 Å². The molecule has 0 bridgehead atoms. The van der Waals surface area contributed by atoms with Crippen LogP contribution in [0.3, 0.4) is 0 Å². The van der Waals surface area contributed by atoms with Crippen LogP contribution in [0.5, 0.6) is 5.75 Å². The number of pyridine rings is 1. The molecule has 3 N–H and O–H groups in total. The van der Waals surface area contributed by atoms with E-state index in [2.05, 4.69) is 42.4 Å². The molecule has 7 heteroatoms. The number of aliphatic hydroxyl groups excluding tert-OH is 1. The number of aromatic nitrogens is 1. The van der Waals surface area contributed by atoms with Gasteiger partial charge < -0.3 is 25.4 Å². The maximum absolute atomic E-state index is 12.0. The van der Waals surface area contributed by atoms with Gasteiger partial charge >= 0.3 is 0 Å². The summed E-state index contributed by atoms with van der Waals surface area (Å²) in [7, 11) is 0. The van der Waals surface area contributed by atoms with Gasteiger partial charge in [0, 0.05) is 50.3 Å². The van der Waals surface area contributed by atoms with E-state index in [9.17, 15) is 9.90 Å². The van der Waals surface area contributed by atoms with E-state index in [1.807, 2.05) is 30.3 Å². The minimum Gasteiger partial charge on any atom is -0.483 e. The molecular formula is C32H46N4O3. The molecule has 3 atom stereocenters. The minimum absolute atomic E-state index is 0.0569. The van der Waals surface area contributed by atoms with E-state index in [0.29, 0.717) is 13.0 Å². The van der Waals surface area contributed by atoms with Crippen molar-refractivity contribution in [1.29, 1.82) is 0 Å². The fourth-order valence-corrected chi connectivity index (χ4v) is 6.35. The van der Waals surface area contributed by atoms with Crippen LogP contribution in [0.2, 0.25) is 0 Å². The number of nitrogens with zero attached hydrogens (tertiary/aromatic N) is 2. The van der Waals surface area contributed by atoms with Crippen molar-refractivity contribution in [3.63, 3.8) is 0 Å². The second kappa shape index (κ2) is 11.5. The summed E-state index contributed by atoms with van der Waals surface area (Å²) in [5, 5.41) is 18.0. The molecule has 3 heterocycles. The maximum atomic E-state index is 12.0. The molecular weight excluding hydrogens is 488 g/mol. The monoisotopic (exact) mass is 534 g/mol. The summed E-state index contributed by atoms with van der Waals surface area (Å²) in [6, 6.07) is 12.0. The van der Waals surface area contributed by atoms with E-state index in [-0.39, 0.29) is 29.0 Å². The number of anilines is 1. The number of aliphatic hydroxyl groups is 1. The zero-order chi connectivity index (χ0) is 27.6. The summed E-state index contributed by atoms with van der Waals surface area (Å²) in [5.41, 5.74) is 3.32. The van der Waals surface area contributed by atoms with Crippen LogP contribution >= 0.6 is 0 Å². The van der Waals surface area contributed by atoms with Crippen LogP contribution in [0.25, 0.3) is 0 Å². The Morgan fingerprint density at radius 3 is 2.51 bits per heavy atom. The third-order valence-corrected chi connectivity index (χ3v) is 8.41. The Morgan fingerprint density at radius 2 is 1.90 bits per heavy atom. The molecule has 0 unspecified atom stereocenters. The van der Waals surface area contributed by atoms with Gasteiger partial charge in [0.2, 0.25) is 5.91 Å². The Bertz CT molecular complexity index is 1140. The third kappa shape index (κ3) is 6.75. The quantitative estimate of drug-likeness (QED) is 0.432. The highest BCUT2D eigenvalue weighted by Gasteiger charge is 2.47. The lowest BCUT2D eigenvalue weighted by Crippen LogP contribution is -2.52. The van der Waals surface area contributed by atoms with Crippen LogP contribution in [0, 0.1) is 5.41 Å². The zero-order valence-corrected chi connectivity index (χ0v) is 24.1. The molecule has 1 saturated carbocycles. The molecule has 2 aliphatic heterocycles. The number of carbonyl (C=O) groups is 1. The average molecular weight is 535 g/mol. The van der Waals surface area contributed by atoms with Crippen molar-refractivity contribution in [2.75, 3.05) is 24.5 Å². The molecule has 1 aliphatic carbocycles. The van der Waals surface area contributed by atoms with E-state index in [1.54, 1.807) is 0 Å². The number of benzene rings is 1. The fraction of sp³-hybridized carbons (Fsp3) is 0.625. The summed E-state index contributed by atoms with van der Waals surface area (Å²) in [6.07, 6.45) is 7.29. The highest BCUT2D eigenvalue weighted by atomic mass is 16.5. The molecule has 3 aliphatic rings. The van der Waals surface area contributed by atoms with Crippen LogP contribution in [-0.4, -0.2) is 53.4 Å². The number of ether oxygens (including phenoxy) is 1. The van der Waals surface area contributed by atoms with Gasteiger partial charge in [0.1, 0.15) is 5.60 Å². The Balaban J connectivity index is 1.42. The summed E-state index contributed by atoms with van der Waals surface area (Å²) >= 11 is 0. The first kappa shape index (κ1) is 27.9. The molecule has 7 nitrogen and oxygen atoms in total. The molecule has 1 amide bonds. The number of hydrogen-bond donors (Lipinski definition) is 3. The molecule has 212 valence electrons. The van der Waals surface area contributed by atoms with Crippen molar-refractivity contribution < 1.29 is 14.6 Å². The van der Waals surface area contributed by atoms with Gasteiger partial charge in [-0.05, 0) is 62.0 Å². The molecule has 2 aromatic rings. The Hall–Kier alpha value is -2.64. The van der Waals surface area contributed by atoms with Crippen molar-refractivity contribution >= 4 is 11.7 Å². The number of carbonyl (C=O) groups excluding carboxylic acids is 1. The van der Waals surface area contributed by atoms with Crippen LogP contribution in [-0.2, 0) is 17.6 Å². The Labute approximate surface area is 233 Å². The molecule has 0 radical (unpaired) electrons. The van der Waals surface area contributed by atoms with Crippen LogP contribution in [0.1, 0.15) is 89.1 Å². The van der Waals surface area contributed by atoms with Gasteiger partial charge in [-0.25, -0.2) is 4.98 Å². The van der Waals surface area contributed by atoms with E-state index in [1.165, 1.54) is 26.2 Å². The van der Waals surface area contributed by atoms with Crippen molar-refractivity contribution in [1.82, 2.24) is 15.6 Å². The first-order chi connectivity index (χ1) is 18.6. The second-order valence-corrected chi connectivity index (χ2v) is 13.2. The summed E-state index contributed by atoms with van der Waals surface area (Å²) in [6.45, 7) is 10.7. The highest BCUT2D eigenvalue weighted by Crippen LogP contribution is 2.52. The zero-order valence-electron chi connectivity index (χ0n) is 24.1. The van der Waals surface area contributed by atoms with Crippen LogP contribution in [0.15, 0.2) is 36.4 Å². The van der Waals surface area contributed by atoms with Crippen LogP contribution in [0.4, 0.5) is 5.82 Å². The van der Waals surface area contributed by atoms with Gasteiger partial charge in [-0.2, -0.15) is 0 Å². The third-order valence-electron chi connectivity index (χ3n) is 8.41. The highest BCUT2D eigenvalue weighted by molar-refractivity contribution is 5.73. The summed E-state index contributed by atoms with van der Waals surface area (Å²) in [5.74, 6) is 1.81. The smallest absolute Gasteiger partial charge is 0.217 e. The topological polar surface area (TPSA) is 86.7 Å². The number of amides is 1.